The number of carbonyl (C=O) groups excluding carboxylic acids is 1. The van der Waals surface area contributed by atoms with Crippen molar-refractivity contribution in [1.29, 1.82) is 5.26 Å². The van der Waals surface area contributed by atoms with Gasteiger partial charge in [0.2, 0.25) is 0 Å². The van der Waals surface area contributed by atoms with Crippen molar-refractivity contribution in [2.75, 3.05) is 4.90 Å². The molecular formula is C17H13BrN2O2. The Hall–Kier alpha value is -2.16. The largest absolute Gasteiger partial charge is 0.387 e. The molecule has 0 aliphatic carbocycles. The number of benzene rings is 2. The van der Waals surface area contributed by atoms with Crippen molar-refractivity contribution in [3.63, 3.8) is 0 Å². The van der Waals surface area contributed by atoms with E-state index in [9.17, 15) is 15.2 Å². The van der Waals surface area contributed by atoms with Crippen LogP contribution in [0.1, 0.15) is 22.0 Å². The number of hydrogen-bond acceptors (Lipinski definition) is 3. The van der Waals surface area contributed by atoms with Crippen molar-refractivity contribution >= 4 is 27.5 Å². The molecule has 0 spiro atoms. The second kappa shape index (κ2) is 5.91. The van der Waals surface area contributed by atoms with E-state index < -0.39 is 17.0 Å². The second-order valence-electron chi connectivity index (χ2n) is 5.06. The molecule has 0 unspecified atom stereocenters. The van der Waals surface area contributed by atoms with E-state index in [4.69, 9.17) is 0 Å². The number of halogens is 1. The number of aliphatic hydroxyl groups excluding tert-OH is 1. The lowest BCUT2D eigenvalue weighted by Gasteiger charge is -2.39. The van der Waals surface area contributed by atoms with Gasteiger partial charge in [0, 0.05) is 11.1 Å². The van der Waals surface area contributed by atoms with E-state index in [0.717, 1.165) is 0 Å². The third-order valence-corrected chi connectivity index (χ3v) is 4.77. The minimum absolute atomic E-state index is 0.254. The molecule has 1 N–H and O–H groups in total. The van der Waals surface area contributed by atoms with Crippen LogP contribution >= 0.6 is 15.9 Å². The summed E-state index contributed by atoms with van der Waals surface area (Å²) in [6, 6.07) is 17.3. The molecule has 0 fully saturated rings. The maximum absolute atomic E-state index is 12.9. The summed E-state index contributed by atoms with van der Waals surface area (Å²) in [6.07, 6.45) is -0.833. The summed E-state index contributed by atoms with van der Waals surface area (Å²) >= 11 is 3.37. The van der Waals surface area contributed by atoms with Crippen molar-refractivity contribution in [1.82, 2.24) is 0 Å². The molecule has 2 aromatic carbocycles. The predicted octanol–water partition coefficient (Wildman–Crippen LogP) is 3.04. The third kappa shape index (κ3) is 2.31. The van der Waals surface area contributed by atoms with E-state index in [1.54, 1.807) is 48.5 Å². The van der Waals surface area contributed by atoms with Gasteiger partial charge in [-0.25, -0.2) is 0 Å². The monoisotopic (exact) mass is 356 g/mol. The molecule has 0 aromatic heterocycles. The minimum atomic E-state index is -0.833. The van der Waals surface area contributed by atoms with Crippen LogP contribution in [0.5, 0.6) is 0 Å². The highest BCUT2D eigenvalue weighted by Gasteiger charge is 2.42. The highest BCUT2D eigenvalue weighted by Crippen LogP contribution is 2.40. The summed E-state index contributed by atoms with van der Waals surface area (Å²) in [5, 5.41) is 19.9. The lowest BCUT2D eigenvalue weighted by Crippen LogP contribution is -2.50. The van der Waals surface area contributed by atoms with Gasteiger partial charge < -0.3 is 5.11 Å². The van der Waals surface area contributed by atoms with Crippen LogP contribution in [-0.4, -0.2) is 21.9 Å². The molecule has 4 nitrogen and oxygen atoms in total. The summed E-state index contributed by atoms with van der Waals surface area (Å²) in [6.45, 7) is 0. The first-order valence-corrected chi connectivity index (χ1v) is 7.76. The number of amides is 1. The first-order valence-electron chi connectivity index (χ1n) is 6.84. The quantitative estimate of drug-likeness (QED) is 0.798. The number of anilines is 1. The normalized spacial score (nSPS) is 23.5. The molecule has 0 saturated heterocycles. The van der Waals surface area contributed by atoms with Gasteiger partial charge in [0.1, 0.15) is 6.04 Å². The maximum Gasteiger partial charge on any atom is 0.259 e. The van der Waals surface area contributed by atoms with Gasteiger partial charge >= 0.3 is 0 Å². The zero-order valence-corrected chi connectivity index (χ0v) is 13.1. The number of nitriles is 1. The van der Waals surface area contributed by atoms with Crippen LogP contribution in [-0.2, 0) is 0 Å². The van der Waals surface area contributed by atoms with Crippen LogP contribution in [0.3, 0.4) is 0 Å². The number of hydrogen-bond donors (Lipinski definition) is 1. The number of aliphatic hydroxyl groups is 1. The van der Waals surface area contributed by atoms with Crippen LogP contribution < -0.4 is 4.90 Å². The SMILES string of the molecule is N#C[C@@H]1[C@H](Br)[C@@H](O)c2ccccc2N1C(=O)c1ccccc1. The molecule has 0 bridgehead atoms. The highest BCUT2D eigenvalue weighted by atomic mass is 79.9. The first-order chi connectivity index (χ1) is 10.6. The summed E-state index contributed by atoms with van der Waals surface area (Å²) in [5.74, 6) is -0.254. The predicted molar refractivity (Wildman–Crippen MR) is 86.8 cm³/mol. The molecule has 1 aliphatic heterocycles. The Bertz CT molecular complexity index is 742. The summed E-state index contributed by atoms with van der Waals surface area (Å²) < 4.78 is 0. The van der Waals surface area contributed by atoms with E-state index >= 15 is 0 Å². The molecule has 3 rings (SSSR count). The Morgan fingerprint density at radius 1 is 1.14 bits per heavy atom. The van der Waals surface area contributed by atoms with Crippen LogP contribution in [0.4, 0.5) is 5.69 Å². The Morgan fingerprint density at radius 3 is 2.45 bits per heavy atom. The fourth-order valence-corrected chi connectivity index (χ4v) is 3.32. The Balaban J connectivity index is 2.14. The number of carbonyl (C=O) groups is 1. The van der Waals surface area contributed by atoms with Gasteiger partial charge in [-0.15, -0.1) is 0 Å². The third-order valence-electron chi connectivity index (χ3n) is 3.77. The van der Waals surface area contributed by atoms with Gasteiger partial charge in [-0.2, -0.15) is 5.26 Å². The minimum Gasteiger partial charge on any atom is -0.387 e. The molecule has 0 radical (unpaired) electrons. The van der Waals surface area contributed by atoms with Crippen molar-refractivity contribution in [2.45, 2.75) is 17.0 Å². The molecule has 1 heterocycles. The molecule has 22 heavy (non-hydrogen) atoms. The summed E-state index contributed by atoms with van der Waals surface area (Å²) in [4.78, 5) is 13.8. The van der Waals surface area contributed by atoms with E-state index in [-0.39, 0.29) is 5.91 Å². The van der Waals surface area contributed by atoms with Crippen molar-refractivity contribution in [3.05, 3.63) is 65.7 Å². The van der Waals surface area contributed by atoms with Gasteiger partial charge in [-0.1, -0.05) is 52.3 Å². The molecule has 3 atom stereocenters. The average Bonchev–Trinajstić information content (AvgIpc) is 2.58. The Kier molecular flexibility index (Phi) is 3.97. The maximum atomic E-state index is 12.9. The molecule has 1 aliphatic rings. The van der Waals surface area contributed by atoms with Gasteiger partial charge in [-0.05, 0) is 18.2 Å². The summed E-state index contributed by atoms with van der Waals surface area (Å²) in [7, 11) is 0. The smallest absolute Gasteiger partial charge is 0.259 e. The topological polar surface area (TPSA) is 64.3 Å². The number of rotatable bonds is 1. The second-order valence-corrected chi connectivity index (χ2v) is 6.12. The molecule has 1 amide bonds. The fraction of sp³-hybridized carbons (Fsp3) is 0.176. The number of nitrogens with zero attached hydrogens (tertiary/aromatic N) is 2. The lowest BCUT2D eigenvalue weighted by molar-refractivity contribution is 0.0962. The van der Waals surface area contributed by atoms with Crippen LogP contribution in [0, 0.1) is 11.3 Å². The first kappa shape index (κ1) is 14.8. The Labute approximate surface area is 136 Å². The van der Waals surface area contributed by atoms with Gasteiger partial charge in [0.15, 0.2) is 0 Å². The summed E-state index contributed by atoms with van der Waals surface area (Å²) in [5.41, 5.74) is 1.72. The number of fused-ring (bicyclic) bond motifs is 1. The van der Waals surface area contributed by atoms with Crippen LogP contribution in [0.2, 0.25) is 0 Å². The zero-order chi connectivity index (χ0) is 15.7. The van der Waals surface area contributed by atoms with Crippen molar-refractivity contribution in [2.24, 2.45) is 0 Å². The zero-order valence-electron chi connectivity index (χ0n) is 11.6. The van der Waals surface area contributed by atoms with Gasteiger partial charge in [0.05, 0.1) is 22.7 Å². The molecule has 2 aromatic rings. The molecule has 5 heteroatoms. The van der Waals surface area contributed by atoms with E-state index in [1.165, 1.54) is 4.90 Å². The molecule has 0 saturated carbocycles. The standard InChI is InChI=1S/C17H13BrN2O2/c18-15-14(10-19)20(17(22)11-6-2-1-3-7-11)13-9-5-4-8-12(13)16(15)21/h1-9,14-16,21H/t14-,15+,16+/m1/s1. The number of para-hydroxylation sites is 1. The molecule has 110 valence electrons. The van der Waals surface area contributed by atoms with Crippen LogP contribution in [0.25, 0.3) is 0 Å². The molecular weight excluding hydrogens is 344 g/mol. The highest BCUT2D eigenvalue weighted by molar-refractivity contribution is 9.09. The fourth-order valence-electron chi connectivity index (χ4n) is 2.68. The van der Waals surface area contributed by atoms with E-state index in [0.29, 0.717) is 16.8 Å². The average molecular weight is 357 g/mol. The van der Waals surface area contributed by atoms with Gasteiger partial charge in [-0.3, -0.25) is 9.69 Å². The number of alkyl halides is 1. The Morgan fingerprint density at radius 2 is 1.77 bits per heavy atom. The van der Waals surface area contributed by atoms with Gasteiger partial charge in [0.25, 0.3) is 5.91 Å². The van der Waals surface area contributed by atoms with Crippen molar-refractivity contribution < 1.29 is 9.90 Å². The van der Waals surface area contributed by atoms with Crippen molar-refractivity contribution in [3.8, 4) is 6.07 Å². The van der Waals surface area contributed by atoms with E-state index in [1.807, 2.05) is 6.07 Å². The lowest BCUT2D eigenvalue weighted by atomic mass is 9.93. The van der Waals surface area contributed by atoms with E-state index in [2.05, 4.69) is 22.0 Å². The van der Waals surface area contributed by atoms with Crippen LogP contribution in [0.15, 0.2) is 54.6 Å².